The Morgan fingerprint density at radius 1 is 1.12 bits per heavy atom. The first kappa shape index (κ1) is 13.1. The topological polar surface area (TPSA) is 71.1 Å². The molecule has 0 saturated heterocycles. The number of nitrogens with one attached hydrogen (secondary N) is 2. The number of hydrogen-bond acceptors (Lipinski definition) is 3. The maximum atomic E-state index is 11.0. The molecule has 0 aliphatic rings. The average molecular weight is 351 g/mol. The van der Waals surface area contributed by atoms with Crippen LogP contribution in [0.3, 0.4) is 0 Å². The first-order valence-corrected chi connectivity index (χ1v) is 5.89. The third kappa shape index (κ3) is 3.28. The van der Waals surface area contributed by atoms with Crippen LogP contribution in [-0.4, -0.2) is 16.8 Å². The van der Waals surface area contributed by atoms with E-state index in [0.29, 0.717) is 20.5 Å². The van der Waals surface area contributed by atoms with Crippen molar-refractivity contribution in [2.45, 2.75) is 13.8 Å². The number of nitrogens with zero attached hydrogens (tertiary/aromatic N) is 1. The van der Waals surface area contributed by atoms with Gasteiger partial charge in [-0.05, 0) is 31.9 Å². The van der Waals surface area contributed by atoms with Crippen molar-refractivity contribution in [3.8, 4) is 0 Å². The Kier molecular flexibility index (Phi) is 4.43. The zero-order valence-electron chi connectivity index (χ0n) is 8.60. The van der Waals surface area contributed by atoms with Crippen molar-refractivity contribution >= 4 is 55.0 Å². The minimum absolute atomic E-state index is 0.231. The van der Waals surface area contributed by atoms with E-state index in [2.05, 4.69) is 47.5 Å². The highest BCUT2D eigenvalue weighted by Crippen LogP contribution is 2.35. The number of carbonyl (C=O) groups is 2. The first-order chi connectivity index (χ1) is 7.41. The van der Waals surface area contributed by atoms with E-state index >= 15 is 0 Å². The fourth-order valence-electron chi connectivity index (χ4n) is 1.05. The maximum Gasteiger partial charge on any atom is 0.221 e. The van der Waals surface area contributed by atoms with Gasteiger partial charge in [-0.2, -0.15) is 0 Å². The van der Waals surface area contributed by atoms with Crippen LogP contribution in [0.4, 0.5) is 11.4 Å². The summed E-state index contributed by atoms with van der Waals surface area (Å²) in [7, 11) is 0. The second kappa shape index (κ2) is 5.40. The normalized spacial score (nSPS) is 9.75. The van der Waals surface area contributed by atoms with E-state index in [1.54, 1.807) is 0 Å². The quantitative estimate of drug-likeness (QED) is 0.805. The smallest absolute Gasteiger partial charge is 0.221 e. The van der Waals surface area contributed by atoms with Gasteiger partial charge in [0.15, 0.2) is 0 Å². The van der Waals surface area contributed by atoms with Gasteiger partial charge < -0.3 is 10.6 Å². The molecule has 0 unspecified atom stereocenters. The van der Waals surface area contributed by atoms with Crippen LogP contribution in [0.2, 0.25) is 0 Å². The molecule has 5 nitrogen and oxygen atoms in total. The number of carbonyl (C=O) groups excluding carboxylic acids is 2. The standard InChI is InChI=1S/C9H9Br2N3O2/c1-4(15)13-7-6(10)3-12-9(11)8(7)14-5(2)16/h3H,1-2H3,(H,14,16)(H,12,13,15). The van der Waals surface area contributed by atoms with Crippen molar-refractivity contribution in [3.63, 3.8) is 0 Å². The van der Waals surface area contributed by atoms with Gasteiger partial charge >= 0.3 is 0 Å². The lowest BCUT2D eigenvalue weighted by atomic mass is 10.3. The van der Waals surface area contributed by atoms with E-state index in [-0.39, 0.29) is 11.8 Å². The van der Waals surface area contributed by atoms with E-state index < -0.39 is 0 Å². The molecular formula is C9H9Br2N3O2. The summed E-state index contributed by atoms with van der Waals surface area (Å²) in [4.78, 5) is 26.1. The summed E-state index contributed by atoms with van der Waals surface area (Å²) in [5.41, 5.74) is 0.904. The predicted molar refractivity (Wildman–Crippen MR) is 68.2 cm³/mol. The zero-order chi connectivity index (χ0) is 12.3. The Morgan fingerprint density at radius 3 is 2.12 bits per heavy atom. The van der Waals surface area contributed by atoms with Crippen molar-refractivity contribution in [1.82, 2.24) is 4.98 Å². The molecule has 0 aliphatic heterocycles. The van der Waals surface area contributed by atoms with Crippen LogP contribution in [0.15, 0.2) is 15.3 Å². The lowest BCUT2D eigenvalue weighted by molar-refractivity contribution is -0.115. The van der Waals surface area contributed by atoms with Crippen LogP contribution >= 0.6 is 31.9 Å². The third-order valence-corrected chi connectivity index (χ3v) is 2.79. The number of amides is 2. The van der Waals surface area contributed by atoms with E-state index in [4.69, 9.17) is 0 Å². The van der Waals surface area contributed by atoms with Gasteiger partial charge in [0.1, 0.15) is 4.60 Å². The molecule has 0 saturated carbocycles. The minimum atomic E-state index is -0.243. The van der Waals surface area contributed by atoms with E-state index in [1.807, 2.05) is 0 Å². The molecule has 86 valence electrons. The molecule has 16 heavy (non-hydrogen) atoms. The molecule has 1 rings (SSSR count). The Balaban J connectivity index is 3.24. The molecule has 1 heterocycles. The van der Waals surface area contributed by atoms with Gasteiger partial charge in [0, 0.05) is 20.0 Å². The molecule has 1 aromatic heterocycles. The maximum absolute atomic E-state index is 11.0. The highest BCUT2D eigenvalue weighted by molar-refractivity contribution is 9.11. The fraction of sp³-hybridized carbons (Fsp3) is 0.222. The number of halogens is 2. The molecule has 0 spiro atoms. The second-order valence-electron chi connectivity index (χ2n) is 3.01. The average Bonchev–Trinajstić information content (AvgIpc) is 2.16. The Hall–Kier alpha value is -0.950. The predicted octanol–water partition coefficient (Wildman–Crippen LogP) is 2.52. The zero-order valence-corrected chi connectivity index (χ0v) is 11.8. The molecule has 1 aromatic rings. The summed E-state index contributed by atoms with van der Waals surface area (Å²) in [6.45, 7) is 2.77. The molecule has 2 amide bonds. The highest BCUT2D eigenvalue weighted by Gasteiger charge is 2.14. The summed E-state index contributed by atoms with van der Waals surface area (Å²) in [5, 5.41) is 5.21. The van der Waals surface area contributed by atoms with Crippen LogP contribution in [0.25, 0.3) is 0 Å². The third-order valence-electron chi connectivity index (χ3n) is 1.59. The van der Waals surface area contributed by atoms with Crippen molar-refractivity contribution < 1.29 is 9.59 Å². The summed E-state index contributed by atoms with van der Waals surface area (Å²) in [6.07, 6.45) is 1.53. The summed E-state index contributed by atoms with van der Waals surface area (Å²) >= 11 is 6.45. The largest absolute Gasteiger partial charge is 0.323 e. The first-order valence-electron chi connectivity index (χ1n) is 4.31. The fourth-order valence-corrected chi connectivity index (χ4v) is 1.85. The SMILES string of the molecule is CC(=O)Nc1c(Br)cnc(Br)c1NC(C)=O. The van der Waals surface area contributed by atoms with Crippen LogP contribution < -0.4 is 10.6 Å². The summed E-state index contributed by atoms with van der Waals surface area (Å²) in [6, 6.07) is 0. The minimum Gasteiger partial charge on any atom is -0.323 e. The Morgan fingerprint density at radius 2 is 1.62 bits per heavy atom. The Bertz CT molecular complexity index is 408. The molecule has 7 heteroatoms. The van der Waals surface area contributed by atoms with Crippen LogP contribution in [0, 0.1) is 0 Å². The van der Waals surface area contributed by atoms with Crippen molar-refractivity contribution in [2.75, 3.05) is 10.6 Å². The van der Waals surface area contributed by atoms with Gasteiger partial charge in [0.05, 0.1) is 15.8 Å². The van der Waals surface area contributed by atoms with Crippen LogP contribution in [-0.2, 0) is 9.59 Å². The van der Waals surface area contributed by atoms with Gasteiger partial charge in [-0.15, -0.1) is 0 Å². The van der Waals surface area contributed by atoms with Crippen molar-refractivity contribution in [3.05, 3.63) is 15.3 Å². The monoisotopic (exact) mass is 349 g/mol. The van der Waals surface area contributed by atoms with Crippen molar-refractivity contribution in [2.24, 2.45) is 0 Å². The summed E-state index contributed by atoms with van der Waals surface area (Å²) in [5.74, 6) is -0.474. The molecule has 2 N–H and O–H groups in total. The number of aromatic nitrogens is 1. The molecule has 0 fully saturated rings. The lowest BCUT2D eigenvalue weighted by Gasteiger charge is -2.13. The molecule has 0 aromatic carbocycles. The van der Waals surface area contributed by atoms with Gasteiger partial charge in [-0.25, -0.2) is 4.98 Å². The number of rotatable bonds is 2. The number of hydrogen-bond donors (Lipinski definition) is 2. The van der Waals surface area contributed by atoms with Gasteiger partial charge in [-0.3, -0.25) is 9.59 Å². The van der Waals surface area contributed by atoms with E-state index in [1.165, 1.54) is 20.0 Å². The van der Waals surface area contributed by atoms with E-state index in [9.17, 15) is 9.59 Å². The van der Waals surface area contributed by atoms with E-state index in [0.717, 1.165) is 0 Å². The van der Waals surface area contributed by atoms with Crippen LogP contribution in [0.1, 0.15) is 13.8 Å². The highest BCUT2D eigenvalue weighted by atomic mass is 79.9. The molecule has 0 atom stereocenters. The number of pyridine rings is 1. The molecule has 0 aliphatic carbocycles. The summed E-state index contributed by atoms with van der Waals surface area (Å²) < 4.78 is 1.05. The second-order valence-corrected chi connectivity index (χ2v) is 4.61. The molecule has 0 radical (unpaired) electrons. The molecule has 0 bridgehead atoms. The van der Waals surface area contributed by atoms with Gasteiger partial charge in [0.25, 0.3) is 0 Å². The number of anilines is 2. The lowest BCUT2D eigenvalue weighted by Crippen LogP contribution is -2.13. The van der Waals surface area contributed by atoms with Gasteiger partial charge in [-0.1, -0.05) is 0 Å². The Labute approximate surface area is 109 Å². The van der Waals surface area contributed by atoms with Crippen LogP contribution in [0.5, 0.6) is 0 Å². The van der Waals surface area contributed by atoms with Crippen molar-refractivity contribution in [1.29, 1.82) is 0 Å². The van der Waals surface area contributed by atoms with Gasteiger partial charge in [0.2, 0.25) is 11.8 Å². The molecular weight excluding hydrogens is 342 g/mol.